The van der Waals surface area contributed by atoms with Crippen LogP contribution in [0.25, 0.3) is 6.08 Å². The van der Waals surface area contributed by atoms with Crippen molar-refractivity contribution >= 4 is 34.8 Å². The Bertz CT molecular complexity index is 1100. The number of nitrogen functional groups attached to an aromatic ring is 1. The quantitative estimate of drug-likeness (QED) is 0.624. The molecule has 0 saturated carbocycles. The van der Waals surface area contributed by atoms with Crippen molar-refractivity contribution < 1.29 is 4.79 Å². The maximum atomic E-state index is 12.7. The first-order valence-corrected chi connectivity index (χ1v) is 9.58. The molecule has 7 nitrogen and oxygen atoms in total. The predicted octanol–water partition coefficient (Wildman–Crippen LogP) is 2.29. The molecule has 0 bridgehead atoms. The van der Waals surface area contributed by atoms with Crippen LogP contribution in [0.3, 0.4) is 0 Å². The van der Waals surface area contributed by atoms with Crippen molar-refractivity contribution in [3.63, 3.8) is 0 Å². The van der Waals surface area contributed by atoms with Gasteiger partial charge in [0.25, 0.3) is 11.5 Å². The molecule has 2 heterocycles. The number of amides is 1. The van der Waals surface area contributed by atoms with Crippen LogP contribution in [0.2, 0.25) is 0 Å². The van der Waals surface area contributed by atoms with Crippen LogP contribution in [-0.4, -0.2) is 22.0 Å². The number of anilines is 2. The topological polar surface area (TPSA) is 101 Å². The van der Waals surface area contributed by atoms with Gasteiger partial charge in [-0.05, 0) is 30.0 Å². The number of aromatic nitrogens is 2. The Kier molecular flexibility index (Phi) is 5.90. The van der Waals surface area contributed by atoms with E-state index in [1.54, 1.807) is 13.0 Å². The van der Waals surface area contributed by atoms with Crippen LogP contribution < -0.4 is 21.9 Å². The first-order valence-electron chi connectivity index (χ1n) is 8.71. The Morgan fingerprint density at radius 3 is 2.61 bits per heavy atom. The normalized spacial score (nSPS) is 11.0. The van der Waals surface area contributed by atoms with Crippen LogP contribution in [-0.2, 0) is 11.3 Å². The third-order valence-corrected chi connectivity index (χ3v) is 5.02. The third kappa shape index (κ3) is 4.12. The molecule has 8 heteroatoms. The molecular weight excluding hydrogens is 376 g/mol. The zero-order valence-electron chi connectivity index (χ0n) is 15.3. The highest BCUT2D eigenvalue weighted by Gasteiger charge is 2.21. The number of rotatable bonds is 6. The molecule has 3 N–H and O–H groups in total. The molecule has 28 heavy (non-hydrogen) atoms. The van der Waals surface area contributed by atoms with E-state index < -0.39 is 17.2 Å². The Balaban J connectivity index is 1.99. The van der Waals surface area contributed by atoms with Crippen molar-refractivity contribution in [2.75, 3.05) is 17.2 Å². The number of carbonyl (C=O) groups excluding carboxylic acids is 1. The lowest BCUT2D eigenvalue weighted by Crippen LogP contribution is -2.40. The molecule has 0 spiro atoms. The van der Waals surface area contributed by atoms with E-state index in [0.717, 1.165) is 10.4 Å². The Morgan fingerprint density at radius 2 is 1.96 bits per heavy atom. The average molecular weight is 396 g/mol. The molecule has 0 saturated heterocycles. The average Bonchev–Trinajstić information content (AvgIpc) is 3.21. The summed E-state index contributed by atoms with van der Waals surface area (Å²) in [6, 6.07) is 13.0. The molecule has 3 aromatic rings. The van der Waals surface area contributed by atoms with Gasteiger partial charge in [-0.1, -0.05) is 36.4 Å². The minimum absolute atomic E-state index is 0.0288. The lowest BCUT2D eigenvalue weighted by Gasteiger charge is -2.22. The first kappa shape index (κ1) is 19.4. The highest BCUT2D eigenvalue weighted by Crippen LogP contribution is 2.19. The zero-order chi connectivity index (χ0) is 20.1. The van der Waals surface area contributed by atoms with Gasteiger partial charge < -0.3 is 10.6 Å². The van der Waals surface area contributed by atoms with Crippen molar-refractivity contribution in [1.29, 1.82) is 0 Å². The van der Waals surface area contributed by atoms with E-state index in [4.69, 9.17) is 5.73 Å². The maximum absolute atomic E-state index is 12.7. The molecular formula is C20H20N4O3S. The summed E-state index contributed by atoms with van der Waals surface area (Å²) in [4.78, 5) is 41.8. The van der Waals surface area contributed by atoms with Crippen molar-refractivity contribution in [3.05, 3.63) is 85.2 Å². The highest BCUT2D eigenvalue weighted by atomic mass is 32.1. The second-order valence-electron chi connectivity index (χ2n) is 6.00. The standard InChI is InChI=1S/C20H20N4O3S/c1-2-23(16(25)11-10-15-9-6-12-28-15)17-18(21)24(20(27)22-19(17)26)13-14-7-4-3-5-8-14/h3-12H,2,13,21H2,1H3,(H,22,26,27). The molecule has 0 radical (unpaired) electrons. The van der Waals surface area contributed by atoms with Gasteiger partial charge in [-0.25, -0.2) is 4.79 Å². The lowest BCUT2D eigenvalue weighted by molar-refractivity contribution is -0.114. The summed E-state index contributed by atoms with van der Waals surface area (Å²) in [5.41, 5.74) is 5.68. The molecule has 144 valence electrons. The summed E-state index contributed by atoms with van der Waals surface area (Å²) >= 11 is 1.50. The Hall–Kier alpha value is -3.39. The first-order chi connectivity index (χ1) is 13.5. The van der Waals surface area contributed by atoms with E-state index in [1.807, 2.05) is 47.8 Å². The molecule has 1 amide bonds. The number of nitrogens with two attached hydrogens (primary N) is 1. The third-order valence-electron chi connectivity index (χ3n) is 4.18. The summed E-state index contributed by atoms with van der Waals surface area (Å²) in [5.74, 6) is -0.435. The second-order valence-corrected chi connectivity index (χ2v) is 6.98. The molecule has 0 aliphatic carbocycles. The van der Waals surface area contributed by atoms with Crippen molar-refractivity contribution in [2.24, 2.45) is 0 Å². The van der Waals surface area contributed by atoms with Crippen LogP contribution in [0.5, 0.6) is 0 Å². The smallest absolute Gasteiger partial charge is 0.330 e. The lowest BCUT2D eigenvalue weighted by atomic mass is 10.2. The molecule has 0 fully saturated rings. The number of hydrogen-bond acceptors (Lipinski definition) is 5. The van der Waals surface area contributed by atoms with Gasteiger partial charge in [0.1, 0.15) is 5.82 Å². The van der Waals surface area contributed by atoms with Crippen molar-refractivity contribution in [2.45, 2.75) is 13.5 Å². The van der Waals surface area contributed by atoms with Crippen LogP contribution in [0.4, 0.5) is 11.5 Å². The van der Waals surface area contributed by atoms with Crippen LogP contribution in [0.15, 0.2) is 63.5 Å². The summed E-state index contributed by atoms with van der Waals surface area (Å²) in [7, 11) is 0. The van der Waals surface area contributed by atoms with Crippen LogP contribution in [0, 0.1) is 0 Å². The van der Waals surface area contributed by atoms with Gasteiger partial charge in [0.15, 0.2) is 5.69 Å². The van der Waals surface area contributed by atoms with Gasteiger partial charge in [-0.15, -0.1) is 11.3 Å². The van der Waals surface area contributed by atoms with Gasteiger partial charge in [0.05, 0.1) is 6.54 Å². The Labute approximate surface area is 165 Å². The fourth-order valence-corrected chi connectivity index (χ4v) is 3.43. The number of hydrogen-bond donors (Lipinski definition) is 2. The number of nitrogens with one attached hydrogen (secondary N) is 1. The van der Waals surface area contributed by atoms with E-state index in [-0.39, 0.29) is 24.6 Å². The van der Waals surface area contributed by atoms with E-state index in [1.165, 1.54) is 26.9 Å². The summed E-state index contributed by atoms with van der Waals surface area (Å²) in [6.45, 7) is 2.15. The van der Waals surface area contributed by atoms with Gasteiger partial charge in [0.2, 0.25) is 0 Å². The van der Waals surface area contributed by atoms with Gasteiger partial charge in [-0.3, -0.25) is 19.1 Å². The molecule has 0 aliphatic heterocycles. The van der Waals surface area contributed by atoms with E-state index in [0.29, 0.717) is 0 Å². The number of carbonyl (C=O) groups is 1. The fraction of sp³-hybridized carbons (Fsp3) is 0.150. The Morgan fingerprint density at radius 1 is 1.21 bits per heavy atom. The van der Waals surface area contributed by atoms with Crippen LogP contribution >= 0.6 is 11.3 Å². The second kappa shape index (κ2) is 8.53. The van der Waals surface area contributed by atoms with Gasteiger partial charge in [0, 0.05) is 17.5 Å². The molecule has 0 aliphatic rings. The summed E-state index contributed by atoms with van der Waals surface area (Å²) in [5, 5.41) is 1.91. The maximum Gasteiger partial charge on any atom is 0.330 e. The largest absolute Gasteiger partial charge is 0.383 e. The fourth-order valence-electron chi connectivity index (χ4n) is 2.81. The minimum Gasteiger partial charge on any atom is -0.383 e. The van der Waals surface area contributed by atoms with E-state index >= 15 is 0 Å². The molecule has 1 aromatic carbocycles. The van der Waals surface area contributed by atoms with Crippen LogP contribution in [0.1, 0.15) is 17.4 Å². The number of likely N-dealkylation sites (N-methyl/N-ethyl adjacent to an activating group) is 1. The molecule has 3 rings (SSSR count). The molecule has 2 aromatic heterocycles. The minimum atomic E-state index is -0.688. The number of H-pyrrole nitrogens is 1. The number of aromatic amines is 1. The van der Waals surface area contributed by atoms with E-state index in [2.05, 4.69) is 4.98 Å². The van der Waals surface area contributed by atoms with Crippen molar-refractivity contribution in [1.82, 2.24) is 9.55 Å². The molecule has 0 atom stereocenters. The number of thiophene rings is 1. The monoisotopic (exact) mass is 396 g/mol. The number of benzene rings is 1. The SMILES string of the molecule is CCN(C(=O)C=Cc1cccs1)c1c(N)n(Cc2ccccc2)c(=O)[nH]c1=O. The molecule has 0 unspecified atom stereocenters. The predicted molar refractivity (Wildman–Crippen MR) is 113 cm³/mol. The van der Waals surface area contributed by atoms with E-state index in [9.17, 15) is 14.4 Å². The zero-order valence-corrected chi connectivity index (χ0v) is 16.1. The van der Waals surface area contributed by atoms with Gasteiger partial charge >= 0.3 is 5.69 Å². The number of nitrogens with zero attached hydrogens (tertiary/aromatic N) is 2. The van der Waals surface area contributed by atoms with Gasteiger partial charge in [-0.2, -0.15) is 0 Å². The van der Waals surface area contributed by atoms with Crippen molar-refractivity contribution in [3.8, 4) is 0 Å². The highest BCUT2D eigenvalue weighted by molar-refractivity contribution is 7.10. The summed E-state index contributed by atoms with van der Waals surface area (Å²) < 4.78 is 1.25. The summed E-state index contributed by atoms with van der Waals surface area (Å²) in [6.07, 6.45) is 3.07.